The van der Waals surface area contributed by atoms with E-state index in [4.69, 9.17) is 32.0 Å². The Morgan fingerprint density at radius 2 is 1.50 bits per heavy atom. The number of carbonyl (C=O) groups excluding carboxylic acids is 1. The summed E-state index contributed by atoms with van der Waals surface area (Å²) in [5.41, 5.74) is 5.47. The van der Waals surface area contributed by atoms with Crippen molar-refractivity contribution in [1.82, 2.24) is 5.32 Å². The van der Waals surface area contributed by atoms with E-state index in [-0.39, 0.29) is 61.4 Å². The van der Waals surface area contributed by atoms with E-state index in [1.165, 1.54) is 36.4 Å². The minimum atomic E-state index is -1.96. The summed E-state index contributed by atoms with van der Waals surface area (Å²) >= 11 is 14.0. The van der Waals surface area contributed by atoms with Gasteiger partial charge in [0.15, 0.2) is 11.7 Å². The Bertz CT molecular complexity index is 3210. The first-order valence-corrected chi connectivity index (χ1v) is 20.4. The standard InChI is InChI=1S/C48H39Cl2N3O9/c1-5-51-35-19-39-31(13-22(35)3)42(32-14-23(4)36(52-6-2)20-40(32)62-39)44-43(48(59)60)34(49)18-33(45(44)50)46(56)53-21-24-7-10-27(30(15-24)47(57)58)41-28-11-8-25(54)16-37(28)61-38-17-26(55)9-12-29(38)41/h7-20,47,51,54,57-58H,5-6,21H2,1-4H3,(H,53,56)(H,59,60). The largest absolute Gasteiger partial charge is 0.508 e. The molecular weight excluding hydrogens is 833 g/mol. The van der Waals surface area contributed by atoms with Gasteiger partial charge < -0.3 is 39.9 Å². The molecular formula is C48H39Cl2N3O9. The number of anilines is 1. The maximum Gasteiger partial charge on any atom is 0.337 e. The SMILES string of the molecule is CCN=c1cc2oc3cc(NCC)c(C)cc3c(-c3c(Cl)c(C(=O)NCc4ccc(-c5c6ccc(=O)cc-6oc6cc(O)ccc56)c(C(O)O)c4)cc(Cl)c3C(=O)O)c-2cc1C. The summed E-state index contributed by atoms with van der Waals surface area (Å²) in [6.45, 7) is 8.75. The van der Waals surface area contributed by atoms with E-state index in [2.05, 4.69) is 15.6 Å². The molecule has 2 heterocycles. The van der Waals surface area contributed by atoms with E-state index in [0.29, 0.717) is 73.9 Å². The van der Waals surface area contributed by atoms with Crippen molar-refractivity contribution in [3.05, 3.63) is 144 Å². The van der Waals surface area contributed by atoms with Crippen LogP contribution in [0.25, 0.3) is 66.8 Å². The van der Waals surface area contributed by atoms with Crippen LogP contribution in [-0.4, -0.2) is 45.4 Å². The lowest BCUT2D eigenvalue weighted by Gasteiger charge is -2.22. The van der Waals surface area contributed by atoms with E-state index in [1.54, 1.807) is 30.3 Å². The van der Waals surface area contributed by atoms with Crippen LogP contribution >= 0.6 is 23.2 Å². The highest BCUT2D eigenvalue weighted by Crippen LogP contribution is 2.48. The summed E-state index contributed by atoms with van der Waals surface area (Å²) in [7, 11) is 0. The molecule has 314 valence electrons. The second kappa shape index (κ2) is 16.6. The zero-order chi connectivity index (χ0) is 44.1. The van der Waals surface area contributed by atoms with Gasteiger partial charge in [-0.3, -0.25) is 14.6 Å². The number of aromatic hydroxyl groups is 1. The number of hydrogen-bond donors (Lipinski definition) is 6. The van der Waals surface area contributed by atoms with Crippen molar-refractivity contribution in [3.8, 4) is 50.7 Å². The number of hydrogen-bond acceptors (Lipinski definition) is 10. The van der Waals surface area contributed by atoms with Crippen LogP contribution < -0.4 is 21.4 Å². The summed E-state index contributed by atoms with van der Waals surface area (Å²) in [6, 6.07) is 22.2. The monoisotopic (exact) mass is 871 g/mol. The maximum absolute atomic E-state index is 14.2. The molecule has 0 fully saturated rings. The molecule has 4 aliphatic rings. The number of phenolic OH excluding ortho intramolecular Hbond substituents is 1. The van der Waals surface area contributed by atoms with Gasteiger partial charge in [-0.15, -0.1) is 0 Å². The molecule has 62 heavy (non-hydrogen) atoms. The third kappa shape index (κ3) is 7.51. The second-order valence-corrected chi connectivity index (χ2v) is 15.6. The number of carbonyl (C=O) groups is 2. The van der Waals surface area contributed by atoms with Gasteiger partial charge in [-0.05, 0) is 98.5 Å². The average molecular weight is 873 g/mol. The van der Waals surface area contributed by atoms with Gasteiger partial charge in [0, 0.05) is 93.7 Å². The number of amides is 1. The minimum Gasteiger partial charge on any atom is -0.508 e. The van der Waals surface area contributed by atoms with Crippen LogP contribution in [0.4, 0.5) is 5.69 Å². The Hall–Kier alpha value is -6.70. The van der Waals surface area contributed by atoms with Gasteiger partial charge in [-0.1, -0.05) is 35.3 Å². The van der Waals surface area contributed by atoms with Gasteiger partial charge in [-0.2, -0.15) is 0 Å². The fraction of sp³-hybridized carbons (Fsp3) is 0.167. The molecule has 2 aliphatic heterocycles. The van der Waals surface area contributed by atoms with E-state index >= 15 is 0 Å². The number of rotatable bonds is 10. The Labute approximate surface area is 364 Å². The molecule has 2 aliphatic carbocycles. The van der Waals surface area contributed by atoms with Crippen molar-refractivity contribution in [2.45, 2.75) is 40.5 Å². The summed E-state index contributed by atoms with van der Waals surface area (Å²) in [5, 5.41) is 49.8. The quantitative estimate of drug-likeness (QED) is 0.0569. The molecule has 0 radical (unpaired) electrons. The molecule has 0 spiro atoms. The Morgan fingerprint density at radius 3 is 2.21 bits per heavy atom. The average Bonchev–Trinajstić information content (AvgIpc) is 3.22. The number of carboxylic acid groups (broad SMARTS) is 1. The highest BCUT2D eigenvalue weighted by Gasteiger charge is 2.30. The number of carboxylic acids is 1. The smallest absolute Gasteiger partial charge is 0.337 e. The fourth-order valence-electron chi connectivity index (χ4n) is 8.01. The third-order valence-electron chi connectivity index (χ3n) is 10.8. The Balaban J connectivity index is 1.24. The van der Waals surface area contributed by atoms with Crippen molar-refractivity contribution < 1.29 is 38.8 Å². The van der Waals surface area contributed by atoms with Crippen LogP contribution in [0.3, 0.4) is 0 Å². The number of aromatic carboxylic acids is 1. The molecule has 0 bridgehead atoms. The number of aryl methyl sites for hydroxylation is 2. The number of phenols is 1. The lowest BCUT2D eigenvalue weighted by Crippen LogP contribution is -2.24. The number of aliphatic hydroxyl groups is 2. The minimum absolute atomic E-state index is 0.0271. The van der Waals surface area contributed by atoms with Gasteiger partial charge in [0.05, 0.1) is 26.5 Å². The number of halogens is 2. The van der Waals surface area contributed by atoms with Crippen LogP contribution in [-0.2, 0) is 6.54 Å². The van der Waals surface area contributed by atoms with E-state index in [1.807, 2.05) is 45.9 Å². The van der Waals surface area contributed by atoms with Crippen LogP contribution in [0.2, 0.25) is 10.0 Å². The molecule has 4 aromatic carbocycles. The van der Waals surface area contributed by atoms with Crippen molar-refractivity contribution >= 4 is 62.7 Å². The molecule has 0 saturated carbocycles. The van der Waals surface area contributed by atoms with Crippen LogP contribution in [0.5, 0.6) is 5.75 Å². The molecule has 14 heteroatoms. The first kappa shape index (κ1) is 42.0. The van der Waals surface area contributed by atoms with Gasteiger partial charge in [0.1, 0.15) is 28.4 Å². The Morgan fingerprint density at radius 1 is 0.774 bits per heavy atom. The number of fused-ring (bicyclic) bond motifs is 4. The highest BCUT2D eigenvalue weighted by atomic mass is 35.5. The summed E-state index contributed by atoms with van der Waals surface area (Å²) in [5.74, 6) is -1.45. The van der Waals surface area contributed by atoms with Crippen LogP contribution in [0.1, 0.15) is 63.1 Å². The summed E-state index contributed by atoms with van der Waals surface area (Å²) < 4.78 is 12.4. The number of nitrogens with one attached hydrogen (secondary N) is 2. The van der Waals surface area contributed by atoms with Crippen molar-refractivity contribution in [2.24, 2.45) is 4.99 Å². The van der Waals surface area contributed by atoms with Crippen molar-refractivity contribution in [3.63, 3.8) is 0 Å². The molecule has 8 rings (SSSR count). The molecule has 1 amide bonds. The van der Waals surface area contributed by atoms with Gasteiger partial charge >= 0.3 is 5.97 Å². The molecule has 0 saturated heterocycles. The van der Waals surface area contributed by atoms with Crippen molar-refractivity contribution in [2.75, 3.05) is 18.4 Å². The Kier molecular flexibility index (Phi) is 11.3. The third-order valence-corrected chi connectivity index (χ3v) is 11.5. The molecule has 6 N–H and O–H groups in total. The summed E-state index contributed by atoms with van der Waals surface area (Å²) in [4.78, 5) is 44.1. The van der Waals surface area contributed by atoms with Gasteiger partial charge in [0.2, 0.25) is 0 Å². The molecule has 12 nitrogen and oxygen atoms in total. The van der Waals surface area contributed by atoms with E-state index < -0.39 is 18.2 Å². The predicted octanol–water partition coefficient (Wildman–Crippen LogP) is 9.68. The van der Waals surface area contributed by atoms with Crippen molar-refractivity contribution in [1.29, 1.82) is 0 Å². The maximum atomic E-state index is 14.2. The number of benzene rings is 6. The fourth-order valence-corrected chi connectivity index (χ4v) is 8.62. The first-order valence-electron chi connectivity index (χ1n) is 19.7. The topological polar surface area (TPSA) is 195 Å². The normalized spacial score (nSPS) is 12.0. The molecule has 0 aromatic heterocycles. The zero-order valence-corrected chi connectivity index (χ0v) is 35.3. The molecule has 0 atom stereocenters. The van der Waals surface area contributed by atoms with Gasteiger partial charge in [-0.25, -0.2) is 4.79 Å². The summed E-state index contributed by atoms with van der Waals surface area (Å²) in [6.07, 6.45) is -1.96. The highest BCUT2D eigenvalue weighted by molar-refractivity contribution is 6.41. The lowest BCUT2D eigenvalue weighted by molar-refractivity contribution is -0.0420. The lowest BCUT2D eigenvalue weighted by atomic mass is 9.88. The predicted molar refractivity (Wildman–Crippen MR) is 240 cm³/mol. The second-order valence-electron chi connectivity index (χ2n) is 14.8. The molecule has 0 unspecified atom stereocenters. The van der Waals surface area contributed by atoms with Gasteiger partial charge in [0.25, 0.3) is 5.91 Å². The van der Waals surface area contributed by atoms with Crippen LogP contribution in [0, 0.1) is 13.8 Å². The van der Waals surface area contributed by atoms with E-state index in [9.17, 15) is 34.8 Å². The first-order chi connectivity index (χ1) is 29.7. The number of aliphatic hydroxyl groups excluding tert-OH is 1. The molecule has 4 aromatic rings. The number of nitrogens with zero attached hydrogens (tertiary/aromatic N) is 1. The zero-order valence-electron chi connectivity index (χ0n) is 33.8. The van der Waals surface area contributed by atoms with Crippen LogP contribution in [0.15, 0.2) is 104 Å². The van der Waals surface area contributed by atoms with E-state index in [0.717, 1.165) is 16.8 Å².